The van der Waals surface area contributed by atoms with Gasteiger partial charge in [-0.2, -0.15) is 10.1 Å². The quantitative estimate of drug-likeness (QED) is 0.732. The Morgan fingerprint density at radius 1 is 1.12 bits per heavy atom. The number of aromatic nitrogens is 4. The maximum Gasteiger partial charge on any atom is 0.226 e. The van der Waals surface area contributed by atoms with E-state index in [1.54, 1.807) is 0 Å². The van der Waals surface area contributed by atoms with Crippen LogP contribution in [-0.4, -0.2) is 37.9 Å². The highest BCUT2D eigenvalue weighted by Gasteiger charge is 2.23. The molecular formula is C19H23N5O. The van der Waals surface area contributed by atoms with Crippen LogP contribution in [0.3, 0.4) is 0 Å². The normalized spacial score (nSPS) is 15.1. The molecule has 0 amide bonds. The van der Waals surface area contributed by atoms with Crippen molar-refractivity contribution in [3.63, 3.8) is 0 Å². The highest BCUT2D eigenvalue weighted by molar-refractivity contribution is 5.64. The summed E-state index contributed by atoms with van der Waals surface area (Å²) in [6, 6.07) is 10.5. The second kappa shape index (κ2) is 6.80. The fourth-order valence-corrected chi connectivity index (χ4v) is 3.51. The lowest BCUT2D eigenvalue weighted by atomic mass is 10.0. The lowest BCUT2D eigenvalue weighted by molar-refractivity contribution is 0.265. The van der Waals surface area contributed by atoms with Crippen molar-refractivity contribution in [2.45, 2.75) is 32.7 Å². The Hall–Kier alpha value is -2.47. The Bertz CT molecular complexity index is 852. The Balaban J connectivity index is 1.54. The number of hydrogen-bond donors (Lipinski definition) is 0. The molecule has 0 aliphatic carbocycles. The Labute approximate surface area is 147 Å². The van der Waals surface area contributed by atoms with E-state index >= 15 is 0 Å². The molecule has 2 aromatic heterocycles. The highest BCUT2D eigenvalue weighted by atomic mass is 16.5. The third-order valence-corrected chi connectivity index (χ3v) is 4.84. The minimum Gasteiger partial charge on any atom is -0.339 e. The van der Waals surface area contributed by atoms with E-state index in [9.17, 15) is 0 Å². The van der Waals surface area contributed by atoms with Crippen molar-refractivity contribution in [3.05, 3.63) is 53.3 Å². The summed E-state index contributed by atoms with van der Waals surface area (Å²) in [5, 5.41) is 8.87. The van der Waals surface area contributed by atoms with Gasteiger partial charge in [-0.25, -0.2) is 0 Å². The highest BCUT2D eigenvalue weighted by Crippen LogP contribution is 2.28. The number of rotatable bonds is 4. The van der Waals surface area contributed by atoms with Gasteiger partial charge in [0.2, 0.25) is 5.89 Å². The van der Waals surface area contributed by atoms with Crippen molar-refractivity contribution in [1.29, 1.82) is 0 Å². The van der Waals surface area contributed by atoms with Crippen LogP contribution in [0.15, 0.2) is 34.9 Å². The first-order chi connectivity index (χ1) is 12.2. The van der Waals surface area contributed by atoms with Gasteiger partial charge in [-0.1, -0.05) is 42.4 Å². The van der Waals surface area contributed by atoms with E-state index in [1.165, 1.54) is 16.8 Å². The molecule has 6 heteroatoms. The van der Waals surface area contributed by atoms with Crippen LogP contribution in [0.5, 0.6) is 0 Å². The molecule has 0 saturated heterocycles. The number of hydrogen-bond acceptors (Lipinski definition) is 5. The van der Waals surface area contributed by atoms with Crippen molar-refractivity contribution >= 4 is 0 Å². The first-order valence-corrected chi connectivity index (χ1v) is 8.88. The molecule has 0 spiro atoms. The van der Waals surface area contributed by atoms with Gasteiger partial charge in [0, 0.05) is 49.8 Å². The number of aryl methyl sites for hydroxylation is 2. The summed E-state index contributed by atoms with van der Waals surface area (Å²) < 4.78 is 7.27. The van der Waals surface area contributed by atoms with E-state index in [-0.39, 0.29) is 0 Å². The monoisotopic (exact) mass is 337 g/mol. The zero-order valence-electron chi connectivity index (χ0n) is 14.8. The molecule has 3 heterocycles. The van der Waals surface area contributed by atoms with Gasteiger partial charge in [-0.15, -0.1) is 0 Å². The predicted octanol–water partition coefficient (Wildman–Crippen LogP) is 2.63. The molecule has 25 heavy (non-hydrogen) atoms. The van der Waals surface area contributed by atoms with E-state index in [2.05, 4.69) is 39.3 Å². The van der Waals surface area contributed by atoms with E-state index in [4.69, 9.17) is 9.62 Å². The number of benzene rings is 1. The van der Waals surface area contributed by atoms with Gasteiger partial charge in [0.15, 0.2) is 5.82 Å². The standard InChI is InChI=1S/C19H23N5O/c1-3-18-20-17(22-25-18)13-24-11-9-15-16(10-12-24)23(2)21-19(15)14-7-5-4-6-8-14/h4-8H,3,9-13H2,1-2H3. The molecule has 1 aliphatic rings. The average molecular weight is 337 g/mol. The summed E-state index contributed by atoms with van der Waals surface area (Å²) in [7, 11) is 2.05. The van der Waals surface area contributed by atoms with Crippen LogP contribution in [0, 0.1) is 0 Å². The van der Waals surface area contributed by atoms with Crippen LogP contribution < -0.4 is 0 Å². The van der Waals surface area contributed by atoms with Gasteiger partial charge in [0.05, 0.1) is 12.2 Å². The Morgan fingerprint density at radius 2 is 1.92 bits per heavy atom. The Kier molecular flexibility index (Phi) is 4.36. The third-order valence-electron chi connectivity index (χ3n) is 4.84. The zero-order valence-corrected chi connectivity index (χ0v) is 14.8. The van der Waals surface area contributed by atoms with E-state index < -0.39 is 0 Å². The summed E-state index contributed by atoms with van der Waals surface area (Å²) in [5.41, 5.74) is 5.02. The second-order valence-corrected chi connectivity index (χ2v) is 6.50. The Morgan fingerprint density at radius 3 is 2.68 bits per heavy atom. The van der Waals surface area contributed by atoms with Crippen LogP contribution >= 0.6 is 0 Å². The predicted molar refractivity (Wildman–Crippen MR) is 95.0 cm³/mol. The van der Waals surface area contributed by atoms with Gasteiger partial charge < -0.3 is 4.52 Å². The summed E-state index contributed by atoms with van der Waals surface area (Å²) in [6.07, 6.45) is 2.76. The molecule has 6 nitrogen and oxygen atoms in total. The van der Waals surface area contributed by atoms with E-state index in [1.807, 2.05) is 24.7 Å². The largest absolute Gasteiger partial charge is 0.339 e. The van der Waals surface area contributed by atoms with Crippen molar-refractivity contribution in [1.82, 2.24) is 24.8 Å². The summed E-state index contributed by atoms with van der Waals surface area (Å²) in [6.45, 7) is 4.73. The molecule has 0 N–H and O–H groups in total. The maximum atomic E-state index is 5.23. The lowest BCUT2D eigenvalue weighted by Gasteiger charge is -2.17. The topological polar surface area (TPSA) is 60.0 Å². The molecule has 1 aromatic carbocycles. The van der Waals surface area contributed by atoms with Crippen LogP contribution in [0.4, 0.5) is 0 Å². The molecule has 0 radical (unpaired) electrons. The van der Waals surface area contributed by atoms with Gasteiger partial charge in [0.25, 0.3) is 0 Å². The first-order valence-electron chi connectivity index (χ1n) is 8.88. The van der Waals surface area contributed by atoms with E-state index in [0.717, 1.165) is 50.4 Å². The summed E-state index contributed by atoms with van der Waals surface area (Å²) in [4.78, 5) is 6.84. The average Bonchev–Trinajstić information content (AvgIpc) is 3.15. The molecule has 1 aliphatic heterocycles. The smallest absolute Gasteiger partial charge is 0.226 e. The minimum atomic E-state index is 0.712. The van der Waals surface area contributed by atoms with Crippen molar-refractivity contribution in [2.24, 2.45) is 7.05 Å². The first kappa shape index (κ1) is 16.0. The van der Waals surface area contributed by atoms with Crippen molar-refractivity contribution in [2.75, 3.05) is 13.1 Å². The van der Waals surface area contributed by atoms with Crippen LogP contribution in [-0.2, 0) is 32.9 Å². The maximum absolute atomic E-state index is 5.23. The molecule has 4 rings (SSSR count). The summed E-state index contributed by atoms with van der Waals surface area (Å²) in [5.74, 6) is 1.49. The van der Waals surface area contributed by atoms with Crippen molar-refractivity contribution < 1.29 is 4.52 Å². The zero-order chi connectivity index (χ0) is 17.2. The fourth-order valence-electron chi connectivity index (χ4n) is 3.51. The van der Waals surface area contributed by atoms with Crippen LogP contribution in [0.25, 0.3) is 11.3 Å². The van der Waals surface area contributed by atoms with Gasteiger partial charge in [-0.05, 0) is 6.42 Å². The van der Waals surface area contributed by atoms with Crippen molar-refractivity contribution in [3.8, 4) is 11.3 Å². The third kappa shape index (κ3) is 3.22. The molecule has 3 aromatic rings. The lowest BCUT2D eigenvalue weighted by Crippen LogP contribution is -2.26. The molecular weight excluding hydrogens is 314 g/mol. The molecule has 0 unspecified atom stereocenters. The fraction of sp³-hybridized carbons (Fsp3) is 0.421. The second-order valence-electron chi connectivity index (χ2n) is 6.50. The minimum absolute atomic E-state index is 0.712. The van der Waals surface area contributed by atoms with E-state index in [0.29, 0.717) is 5.89 Å². The van der Waals surface area contributed by atoms with Crippen LogP contribution in [0.1, 0.15) is 29.9 Å². The number of fused-ring (bicyclic) bond motifs is 1. The van der Waals surface area contributed by atoms with Gasteiger partial charge in [-0.3, -0.25) is 9.58 Å². The molecule has 0 atom stereocenters. The van der Waals surface area contributed by atoms with Crippen LogP contribution in [0.2, 0.25) is 0 Å². The molecule has 0 saturated carbocycles. The molecule has 0 bridgehead atoms. The SMILES string of the molecule is CCc1nc(CN2CCc3c(-c4ccccc4)nn(C)c3CC2)no1. The number of nitrogens with zero attached hydrogens (tertiary/aromatic N) is 5. The van der Waals surface area contributed by atoms with Gasteiger partial charge in [0.1, 0.15) is 0 Å². The van der Waals surface area contributed by atoms with Gasteiger partial charge >= 0.3 is 0 Å². The molecule has 130 valence electrons. The summed E-state index contributed by atoms with van der Waals surface area (Å²) >= 11 is 0. The molecule has 0 fully saturated rings.